The van der Waals surface area contributed by atoms with Gasteiger partial charge in [0, 0.05) is 22.2 Å². The van der Waals surface area contributed by atoms with E-state index in [1.165, 1.54) is 0 Å². The number of rotatable bonds is 2. The molecule has 3 heteroatoms. The highest BCUT2D eigenvalue weighted by Gasteiger charge is 2.14. The van der Waals surface area contributed by atoms with Crippen LogP contribution in [0.15, 0.2) is 60.8 Å². The molecule has 0 amide bonds. The number of pyridine rings is 1. The number of halogens is 1. The molecule has 2 nitrogen and oxygen atoms in total. The van der Waals surface area contributed by atoms with Crippen molar-refractivity contribution < 1.29 is 4.79 Å². The normalized spacial score (nSPS) is 10.6. The van der Waals surface area contributed by atoms with Crippen LogP contribution in [0.3, 0.4) is 0 Å². The van der Waals surface area contributed by atoms with Crippen LogP contribution < -0.4 is 0 Å². The van der Waals surface area contributed by atoms with Crippen LogP contribution in [0.1, 0.15) is 15.9 Å². The number of hydrogen-bond donors (Lipinski definition) is 0. The van der Waals surface area contributed by atoms with E-state index in [2.05, 4.69) is 4.98 Å². The molecule has 3 rings (SSSR count). The molecule has 92 valence electrons. The number of nitrogens with zero attached hydrogens (tertiary/aromatic N) is 1. The standard InChI is InChI=1S/C16H10ClNO/c17-13-9-12-7-4-8-18-15(12)14(10-13)16(19)11-5-2-1-3-6-11/h1-10H. The molecule has 0 saturated carbocycles. The maximum absolute atomic E-state index is 12.5. The van der Waals surface area contributed by atoms with E-state index in [4.69, 9.17) is 11.6 Å². The van der Waals surface area contributed by atoms with E-state index in [1.807, 2.05) is 36.4 Å². The fourth-order valence-electron chi connectivity index (χ4n) is 2.07. The minimum Gasteiger partial charge on any atom is -0.289 e. The summed E-state index contributed by atoms with van der Waals surface area (Å²) in [4.78, 5) is 16.8. The molecule has 0 aliphatic rings. The first kappa shape index (κ1) is 11.9. The number of ketones is 1. The zero-order valence-corrected chi connectivity index (χ0v) is 10.8. The smallest absolute Gasteiger partial charge is 0.195 e. The molecule has 0 saturated heterocycles. The van der Waals surface area contributed by atoms with Crippen LogP contribution in [0.4, 0.5) is 0 Å². The average Bonchev–Trinajstić information content (AvgIpc) is 2.46. The molecule has 2 aromatic carbocycles. The summed E-state index contributed by atoms with van der Waals surface area (Å²) in [7, 11) is 0. The molecule has 0 aliphatic heterocycles. The molecular formula is C16H10ClNO. The molecule has 0 N–H and O–H groups in total. The Morgan fingerprint density at radius 2 is 1.79 bits per heavy atom. The SMILES string of the molecule is O=C(c1ccccc1)c1cc(Cl)cc2cccnc12. The maximum atomic E-state index is 12.5. The van der Waals surface area contributed by atoms with Gasteiger partial charge in [0.05, 0.1) is 11.1 Å². The van der Waals surface area contributed by atoms with E-state index in [9.17, 15) is 4.79 Å². The third kappa shape index (κ3) is 2.23. The molecule has 3 aromatic rings. The van der Waals surface area contributed by atoms with E-state index < -0.39 is 0 Å². The lowest BCUT2D eigenvalue weighted by molar-refractivity contribution is 0.104. The zero-order chi connectivity index (χ0) is 13.2. The van der Waals surface area contributed by atoms with E-state index >= 15 is 0 Å². The highest BCUT2D eigenvalue weighted by atomic mass is 35.5. The van der Waals surface area contributed by atoms with Crippen molar-refractivity contribution in [2.24, 2.45) is 0 Å². The van der Waals surface area contributed by atoms with E-state index in [-0.39, 0.29) is 5.78 Å². The summed E-state index contributed by atoms with van der Waals surface area (Å²) < 4.78 is 0. The van der Waals surface area contributed by atoms with Crippen LogP contribution >= 0.6 is 11.6 Å². The summed E-state index contributed by atoms with van der Waals surface area (Å²) in [6.07, 6.45) is 1.68. The van der Waals surface area contributed by atoms with Crippen molar-refractivity contribution in [3.05, 3.63) is 76.9 Å². The second kappa shape index (κ2) is 4.82. The van der Waals surface area contributed by atoms with E-state index in [0.717, 1.165) is 5.39 Å². The third-order valence-corrected chi connectivity index (χ3v) is 3.17. The fourth-order valence-corrected chi connectivity index (χ4v) is 2.30. The predicted molar refractivity (Wildman–Crippen MR) is 76.6 cm³/mol. The number of aromatic nitrogens is 1. The van der Waals surface area contributed by atoms with Gasteiger partial charge in [-0.2, -0.15) is 0 Å². The van der Waals surface area contributed by atoms with Crippen LogP contribution in [0, 0.1) is 0 Å². The van der Waals surface area contributed by atoms with Crippen molar-refractivity contribution in [1.82, 2.24) is 4.98 Å². The van der Waals surface area contributed by atoms with Crippen LogP contribution in [-0.2, 0) is 0 Å². The Hall–Kier alpha value is -2.19. The highest BCUT2D eigenvalue weighted by molar-refractivity contribution is 6.32. The second-order valence-electron chi connectivity index (χ2n) is 4.22. The molecule has 0 fully saturated rings. The van der Waals surface area contributed by atoms with Gasteiger partial charge in [-0.1, -0.05) is 48.0 Å². The van der Waals surface area contributed by atoms with Crippen molar-refractivity contribution >= 4 is 28.3 Å². The molecule has 0 spiro atoms. The van der Waals surface area contributed by atoms with Gasteiger partial charge in [-0.15, -0.1) is 0 Å². The Bertz CT molecular complexity index is 753. The van der Waals surface area contributed by atoms with Gasteiger partial charge in [-0.25, -0.2) is 0 Å². The lowest BCUT2D eigenvalue weighted by Crippen LogP contribution is -2.03. The topological polar surface area (TPSA) is 30.0 Å². The van der Waals surface area contributed by atoms with Crippen molar-refractivity contribution in [2.75, 3.05) is 0 Å². The van der Waals surface area contributed by atoms with E-state index in [1.54, 1.807) is 24.4 Å². The van der Waals surface area contributed by atoms with Crippen LogP contribution in [0.5, 0.6) is 0 Å². The summed E-state index contributed by atoms with van der Waals surface area (Å²) in [5.74, 6) is -0.0631. The molecule has 0 aliphatic carbocycles. The highest BCUT2D eigenvalue weighted by Crippen LogP contribution is 2.24. The number of carbonyl (C=O) groups is 1. The number of carbonyl (C=O) groups excluding carboxylic acids is 1. The van der Waals surface area contributed by atoms with Gasteiger partial charge in [0.2, 0.25) is 0 Å². The Morgan fingerprint density at radius 3 is 2.58 bits per heavy atom. The van der Waals surface area contributed by atoms with Crippen LogP contribution in [0.2, 0.25) is 5.02 Å². The number of hydrogen-bond acceptors (Lipinski definition) is 2. The summed E-state index contributed by atoms with van der Waals surface area (Å²) in [5.41, 5.74) is 1.85. The molecule has 0 atom stereocenters. The Labute approximate surface area is 115 Å². The minimum absolute atomic E-state index is 0.0631. The molecule has 1 heterocycles. The number of fused-ring (bicyclic) bond motifs is 1. The van der Waals surface area contributed by atoms with Gasteiger partial charge in [0.1, 0.15) is 0 Å². The van der Waals surface area contributed by atoms with Gasteiger partial charge < -0.3 is 0 Å². The average molecular weight is 268 g/mol. The molecule has 1 aromatic heterocycles. The summed E-state index contributed by atoms with van der Waals surface area (Å²) in [6, 6.07) is 16.4. The first-order valence-electron chi connectivity index (χ1n) is 5.90. The molecule has 19 heavy (non-hydrogen) atoms. The summed E-state index contributed by atoms with van der Waals surface area (Å²) in [5, 5.41) is 1.41. The predicted octanol–water partition coefficient (Wildman–Crippen LogP) is 4.12. The Kier molecular flexibility index (Phi) is 3.02. The second-order valence-corrected chi connectivity index (χ2v) is 4.66. The lowest BCUT2D eigenvalue weighted by atomic mass is 10.0. The first-order chi connectivity index (χ1) is 9.25. The van der Waals surface area contributed by atoms with Crippen molar-refractivity contribution in [3.63, 3.8) is 0 Å². The molecule has 0 bridgehead atoms. The Morgan fingerprint density at radius 1 is 1.00 bits per heavy atom. The minimum atomic E-state index is -0.0631. The third-order valence-electron chi connectivity index (χ3n) is 2.95. The van der Waals surface area contributed by atoms with Crippen molar-refractivity contribution in [1.29, 1.82) is 0 Å². The number of benzene rings is 2. The van der Waals surface area contributed by atoms with Gasteiger partial charge in [0.25, 0.3) is 0 Å². The van der Waals surface area contributed by atoms with Gasteiger partial charge in [0.15, 0.2) is 5.78 Å². The first-order valence-corrected chi connectivity index (χ1v) is 6.27. The Balaban J connectivity index is 2.23. The molecule has 0 radical (unpaired) electrons. The largest absolute Gasteiger partial charge is 0.289 e. The fraction of sp³-hybridized carbons (Fsp3) is 0. The van der Waals surface area contributed by atoms with Crippen LogP contribution in [-0.4, -0.2) is 10.8 Å². The van der Waals surface area contributed by atoms with Crippen molar-refractivity contribution in [3.8, 4) is 0 Å². The summed E-state index contributed by atoms with van der Waals surface area (Å²) in [6.45, 7) is 0. The maximum Gasteiger partial charge on any atom is 0.195 e. The quantitative estimate of drug-likeness (QED) is 0.654. The zero-order valence-electron chi connectivity index (χ0n) is 10.0. The monoisotopic (exact) mass is 267 g/mol. The van der Waals surface area contributed by atoms with Crippen LogP contribution in [0.25, 0.3) is 10.9 Å². The molecule has 0 unspecified atom stereocenters. The van der Waals surface area contributed by atoms with Gasteiger partial charge in [-0.3, -0.25) is 9.78 Å². The van der Waals surface area contributed by atoms with Crippen molar-refractivity contribution in [2.45, 2.75) is 0 Å². The molecular weight excluding hydrogens is 258 g/mol. The van der Waals surface area contributed by atoms with Gasteiger partial charge >= 0.3 is 0 Å². The summed E-state index contributed by atoms with van der Waals surface area (Å²) >= 11 is 6.08. The van der Waals surface area contributed by atoms with Gasteiger partial charge in [-0.05, 0) is 18.2 Å². The lowest BCUT2D eigenvalue weighted by Gasteiger charge is -2.06. The van der Waals surface area contributed by atoms with E-state index in [0.29, 0.717) is 21.7 Å².